The first-order valence-electron chi connectivity index (χ1n) is 7.24. The number of rotatable bonds is 3. The standard InChI is InChI=1S/C16H16Cl2N2O2S/c17-13-5-1-3-7-15(13)19-9-11-20(12-10-19)23(21,22)16-8-4-2-6-14(16)18/h1-8H,9-12H2. The van der Waals surface area contributed by atoms with Gasteiger partial charge >= 0.3 is 0 Å². The maximum Gasteiger partial charge on any atom is 0.244 e. The zero-order valence-electron chi connectivity index (χ0n) is 12.3. The van der Waals surface area contributed by atoms with E-state index in [9.17, 15) is 8.42 Å². The molecule has 1 aliphatic rings. The van der Waals surface area contributed by atoms with Crippen LogP contribution in [0.5, 0.6) is 0 Å². The van der Waals surface area contributed by atoms with Crippen LogP contribution in [0.4, 0.5) is 5.69 Å². The van der Waals surface area contributed by atoms with Crippen molar-refractivity contribution in [3.8, 4) is 0 Å². The molecule has 2 aromatic carbocycles. The van der Waals surface area contributed by atoms with Gasteiger partial charge in [-0.3, -0.25) is 0 Å². The van der Waals surface area contributed by atoms with Gasteiger partial charge in [-0.1, -0.05) is 47.5 Å². The van der Waals surface area contributed by atoms with Gasteiger partial charge in [0, 0.05) is 26.2 Å². The maximum absolute atomic E-state index is 12.7. The molecule has 7 heteroatoms. The number of halogens is 2. The Hall–Kier alpha value is -1.27. The average Bonchev–Trinajstić information content (AvgIpc) is 2.56. The molecule has 0 amide bonds. The molecular formula is C16H16Cl2N2O2S. The molecule has 122 valence electrons. The molecule has 1 fully saturated rings. The van der Waals surface area contributed by atoms with Gasteiger partial charge in [0.1, 0.15) is 4.90 Å². The maximum atomic E-state index is 12.7. The molecule has 0 bridgehead atoms. The number of anilines is 1. The summed E-state index contributed by atoms with van der Waals surface area (Å²) < 4.78 is 26.9. The van der Waals surface area contributed by atoms with Gasteiger partial charge in [-0.2, -0.15) is 4.31 Å². The number of hydrogen-bond acceptors (Lipinski definition) is 3. The Labute approximate surface area is 146 Å². The van der Waals surface area contributed by atoms with Crippen molar-refractivity contribution in [3.63, 3.8) is 0 Å². The van der Waals surface area contributed by atoms with Gasteiger partial charge in [-0.05, 0) is 24.3 Å². The van der Waals surface area contributed by atoms with Crippen LogP contribution in [-0.4, -0.2) is 38.9 Å². The number of sulfonamides is 1. The Morgan fingerprint density at radius 3 is 1.96 bits per heavy atom. The molecular weight excluding hydrogens is 355 g/mol. The van der Waals surface area contributed by atoms with Crippen molar-refractivity contribution >= 4 is 38.9 Å². The highest BCUT2D eigenvalue weighted by molar-refractivity contribution is 7.89. The van der Waals surface area contributed by atoms with Gasteiger partial charge in [0.05, 0.1) is 15.7 Å². The third-order valence-electron chi connectivity index (χ3n) is 3.89. The largest absolute Gasteiger partial charge is 0.368 e. The Bertz CT molecular complexity index is 803. The topological polar surface area (TPSA) is 40.6 Å². The molecule has 0 spiro atoms. The quantitative estimate of drug-likeness (QED) is 0.829. The van der Waals surface area contributed by atoms with E-state index in [0.29, 0.717) is 31.2 Å². The van der Waals surface area contributed by atoms with Crippen LogP contribution in [0.15, 0.2) is 53.4 Å². The third-order valence-corrected chi connectivity index (χ3v) is 6.60. The van der Waals surface area contributed by atoms with Crippen molar-refractivity contribution in [2.24, 2.45) is 0 Å². The van der Waals surface area contributed by atoms with E-state index >= 15 is 0 Å². The molecule has 0 saturated carbocycles. The van der Waals surface area contributed by atoms with E-state index in [1.807, 2.05) is 24.3 Å². The summed E-state index contributed by atoms with van der Waals surface area (Å²) >= 11 is 12.2. The SMILES string of the molecule is O=S(=O)(c1ccccc1Cl)N1CCN(c2ccccc2Cl)CC1. The van der Waals surface area contributed by atoms with Crippen LogP contribution in [-0.2, 0) is 10.0 Å². The summed E-state index contributed by atoms with van der Waals surface area (Å²) in [7, 11) is -3.57. The van der Waals surface area contributed by atoms with Crippen molar-refractivity contribution < 1.29 is 8.42 Å². The smallest absolute Gasteiger partial charge is 0.244 e. The first-order chi connectivity index (χ1) is 11.0. The minimum Gasteiger partial charge on any atom is -0.368 e. The van der Waals surface area contributed by atoms with Crippen molar-refractivity contribution in [2.75, 3.05) is 31.1 Å². The molecule has 0 N–H and O–H groups in total. The van der Waals surface area contributed by atoms with Crippen molar-refractivity contribution in [3.05, 3.63) is 58.6 Å². The molecule has 0 radical (unpaired) electrons. The molecule has 0 aromatic heterocycles. The van der Waals surface area contributed by atoms with Crippen molar-refractivity contribution in [2.45, 2.75) is 4.90 Å². The predicted octanol–water partition coefficient (Wildman–Crippen LogP) is 3.50. The van der Waals surface area contributed by atoms with Gasteiger partial charge in [0.2, 0.25) is 10.0 Å². The molecule has 2 aromatic rings. The van der Waals surface area contributed by atoms with E-state index in [4.69, 9.17) is 23.2 Å². The fraction of sp³-hybridized carbons (Fsp3) is 0.250. The summed E-state index contributed by atoms with van der Waals surface area (Å²) in [4.78, 5) is 2.26. The molecule has 0 aliphatic carbocycles. The summed E-state index contributed by atoms with van der Waals surface area (Å²) in [6.07, 6.45) is 0. The second kappa shape index (κ2) is 6.69. The first kappa shape index (κ1) is 16.6. The van der Waals surface area contributed by atoms with Crippen molar-refractivity contribution in [1.82, 2.24) is 4.31 Å². The number of hydrogen-bond donors (Lipinski definition) is 0. The zero-order valence-corrected chi connectivity index (χ0v) is 14.7. The Morgan fingerprint density at radius 2 is 1.35 bits per heavy atom. The summed E-state index contributed by atoms with van der Waals surface area (Å²) in [5.74, 6) is 0. The van der Waals surface area contributed by atoms with Gasteiger partial charge in [-0.25, -0.2) is 8.42 Å². The van der Waals surface area contributed by atoms with E-state index < -0.39 is 10.0 Å². The highest BCUT2D eigenvalue weighted by Gasteiger charge is 2.30. The number of nitrogens with zero attached hydrogens (tertiary/aromatic N) is 2. The van der Waals surface area contributed by atoms with E-state index in [-0.39, 0.29) is 9.92 Å². The molecule has 0 atom stereocenters. The van der Waals surface area contributed by atoms with Crippen LogP contribution in [0.2, 0.25) is 10.0 Å². The summed E-state index contributed by atoms with van der Waals surface area (Å²) in [5.41, 5.74) is 0.934. The predicted molar refractivity (Wildman–Crippen MR) is 93.9 cm³/mol. The zero-order chi connectivity index (χ0) is 16.4. The van der Waals surface area contributed by atoms with E-state index in [2.05, 4.69) is 4.90 Å². The minimum atomic E-state index is -3.57. The number of piperazine rings is 1. The van der Waals surface area contributed by atoms with Crippen LogP contribution in [0.1, 0.15) is 0 Å². The molecule has 0 unspecified atom stereocenters. The summed E-state index contributed by atoms with van der Waals surface area (Å²) in [6.45, 7) is 1.98. The summed E-state index contributed by atoms with van der Waals surface area (Å²) in [5, 5.41) is 0.927. The van der Waals surface area contributed by atoms with Crippen LogP contribution >= 0.6 is 23.2 Å². The molecule has 1 saturated heterocycles. The fourth-order valence-electron chi connectivity index (χ4n) is 2.67. The van der Waals surface area contributed by atoms with Crippen LogP contribution in [0, 0.1) is 0 Å². The highest BCUT2D eigenvalue weighted by atomic mass is 35.5. The number of para-hydroxylation sites is 1. The lowest BCUT2D eigenvalue weighted by Gasteiger charge is -2.35. The fourth-order valence-corrected chi connectivity index (χ4v) is 4.84. The lowest BCUT2D eigenvalue weighted by Crippen LogP contribution is -2.48. The van der Waals surface area contributed by atoms with Crippen LogP contribution < -0.4 is 4.90 Å². The van der Waals surface area contributed by atoms with Crippen molar-refractivity contribution in [1.29, 1.82) is 0 Å². The molecule has 1 heterocycles. The molecule has 23 heavy (non-hydrogen) atoms. The second-order valence-corrected chi connectivity index (χ2v) is 7.99. The molecule has 1 aliphatic heterocycles. The molecule has 4 nitrogen and oxygen atoms in total. The summed E-state index contributed by atoms with van der Waals surface area (Å²) in [6, 6.07) is 14.1. The van der Waals surface area contributed by atoms with E-state index in [1.165, 1.54) is 10.4 Å². The van der Waals surface area contributed by atoms with Crippen LogP contribution in [0.3, 0.4) is 0 Å². The van der Waals surface area contributed by atoms with Gasteiger partial charge in [0.25, 0.3) is 0 Å². The number of benzene rings is 2. The highest BCUT2D eigenvalue weighted by Crippen LogP contribution is 2.28. The van der Waals surface area contributed by atoms with Gasteiger partial charge in [-0.15, -0.1) is 0 Å². The Kier molecular flexibility index (Phi) is 4.82. The van der Waals surface area contributed by atoms with E-state index in [1.54, 1.807) is 18.2 Å². The first-order valence-corrected chi connectivity index (χ1v) is 9.44. The molecule has 3 rings (SSSR count). The Morgan fingerprint density at radius 1 is 0.783 bits per heavy atom. The van der Waals surface area contributed by atoms with E-state index in [0.717, 1.165) is 5.69 Å². The van der Waals surface area contributed by atoms with Crippen LogP contribution in [0.25, 0.3) is 0 Å². The van der Waals surface area contributed by atoms with Gasteiger partial charge < -0.3 is 4.90 Å². The lowest BCUT2D eigenvalue weighted by atomic mass is 10.2. The minimum absolute atomic E-state index is 0.160. The Balaban J connectivity index is 1.77. The monoisotopic (exact) mass is 370 g/mol. The lowest BCUT2D eigenvalue weighted by molar-refractivity contribution is 0.385. The normalized spacial score (nSPS) is 16.5. The third kappa shape index (κ3) is 3.33. The van der Waals surface area contributed by atoms with Gasteiger partial charge in [0.15, 0.2) is 0 Å². The second-order valence-electron chi connectivity index (χ2n) is 5.27. The average molecular weight is 371 g/mol.